The van der Waals surface area contributed by atoms with E-state index < -0.39 is 29.9 Å². The molecule has 0 radical (unpaired) electrons. The Balaban J connectivity index is 2.02. The van der Waals surface area contributed by atoms with Gasteiger partial charge in [0.2, 0.25) is 5.91 Å². The Hall–Kier alpha value is -2.81. The monoisotopic (exact) mass is 393 g/mol. The van der Waals surface area contributed by atoms with E-state index in [-0.39, 0.29) is 25.5 Å². The van der Waals surface area contributed by atoms with Crippen LogP contribution < -0.4 is 20.1 Å². The van der Waals surface area contributed by atoms with Crippen molar-refractivity contribution in [3.05, 3.63) is 23.8 Å². The lowest BCUT2D eigenvalue weighted by molar-refractivity contribution is -0.131. The molecule has 0 unspecified atom stereocenters. The fourth-order valence-corrected chi connectivity index (χ4v) is 2.90. The molecule has 9 nitrogen and oxygen atoms in total. The summed E-state index contributed by atoms with van der Waals surface area (Å²) in [4.78, 5) is 38.0. The van der Waals surface area contributed by atoms with Crippen LogP contribution in [0.15, 0.2) is 18.2 Å². The van der Waals surface area contributed by atoms with Crippen LogP contribution in [0.25, 0.3) is 0 Å². The summed E-state index contributed by atoms with van der Waals surface area (Å²) in [6, 6.07) is 3.23. The molecule has 0 saturated carbocycles. The average molecular weight is 393 g/mol. The summed E-state index contributed by atoms with van der Waals surface area (Å²) in [5.74, 6) is 0.206. The third-order valence-electron chi connectivity index (χ3n) is 4.63. The van der Waals surface area contributed by atoms with Crippen molar-refractivity contribution in [1.29, 1.82) is 0 Å². The van der Waals surface area contributed by atoms with Crippen LogP contribution in [0.4, 0.5) is 4.79 Å². The first kappa shape index (κ1) is 21.5. The first-order valence-corrected chi connectivity index (χ1v) is 9.03. The van der Waals surface area contributed by atoms with E-state index in [1.54, 1.807) is 18.2 Å². The van der Waals surface area contributed by atoms with Gasteiger partial charge in [-0.2, -0.15) is 0 Å². The number of rotatable bonds is 9. The van der Waals surface area contributed by atoms with Gasteiger partial charge < -0.3 is 25.2 Å². The van der Waals surface area contributed by atoms with Crippen LogP contribution in [-0.2, 0) is 16.1 Å². The van der Waals surface area contributed by atoms with Crippen molar-refractivity contribution in [1.82, 2.24) is 15.5 Å². The third kappa shape index (κ3) is 4.92. The summed E-state index contributed by atoms with van der Waals surface area (Å²) in [5, 5.41) is 14.5. The van der Waals surface area contributed by atoms with Gasteiger partial charge in [0.15, 0.2) is 11.5 Å². The fraction of sp³-hybridized carbons (Fsp3) is 0.526. The number of nitrogens with zero attached hydrogens (tertiary/aromatic N) is 1. The van der Waals surface area contributed by atoms with E-state index in [9.17, 15) is 19.5 Å². The fourth-order valence-electron chi connectivity index (χ4n) is 2.90. The smallest absolute Gasteiger partial charge is 0.325 e. The van der Waals surface area contributed by atoms with Crippen LogP contribution >= 0.6 is 0 Å². The number of aliphatic hydroxyl groups excluding tert-OH is 1. The minimum Gasteiger partial charge on any atom is -0.493 e. The van der Waals surface area contributed by atoms with Gasteiger partial charge in [-0.1, -0.05) is 19.9 Å². The van der Waals surface area contributed by atoms with E-state index in [0.29, 0.717) is 17.1 Å². The van der Waals surface area contributed by atoms with Gasteiger partial charge in [0.25, 0.3) is 5.91 Å². The molecular weight excluding hydrogens is 366 g/mol. The van der Waals surface area contributed by atoms with E-state index in [1.165, 1.54) is 14.2 Å². The minimum atomic E-state index is -0.931. The number of hydrogen-bond acceptors (Lipinski definition) is 6. The molecule has 1 heterocycles. The second-order valence-electron chi connectivity index (χ2n) is 6.92. The van der Waals surface area contributed by atoms with Crippen LogP contribution in [0, 0.1) is 5.92 Å². The third-order valence-corrected chi connectivity index (χ3v) is 4.63. The van der Waals surface area contributed by atoms with Crippen LogP contribution in [0.3, 0.4) is 0 Å². The lowest BCUT2D eigenvalue weighted by Gasteiger charge is -2.20. The van der Waals surface area contributed by atoms with E-state index in [4.69, 9.17) is 9.47 Å². The van der Waals surface area contributed by atoms with Crippen molar-refractivity contribution < 1.29 is 29.0 Å². The maximum absolute atomic E-state index is 12.6. The van der Waals surface area contributed by atoms with Crippen LogP contribution in [0.1, 0.15) is 25.8 Å². The molecule has 9 heteroatoms. The second-order valence-corrected chi connectivity index (χ2v) is 6.92. The van der Waals surface area contributed by atoms with Crippen molar-refractivity contribution in [2.24, 2.45) is 5.92 Å². The van der Waals surface area contributed by atoms with Gasteiger partial charge in [-0.15, -0.1) is 0 Å². The van der Waals surface area contributed by atoms with Gasteiger partial charge in [-0.25, -0.2) is 4.79 Å². The molecule has 0 spiro atoms. The molecule has 3 N–H and O–H groups in total. The Morgan fingerprint density at radius 1 is 1.25 bits per heavy atom. The second kappa shape index (κ2) is 9.41. The zero-order valence-corrected chi connectivity index (χ0v) is 16.5. The van der Waals surface area contributed by atoms with Gasteiger partial charge >= 0.3 is 6.03 Å². The number of ether oxygens (including phenoxy) is 2. The number of methoxy groups -OCH3 is 2. The first-order chi connectivity index (χ1) is 13.3. The molecule has 0 bridgehead atoms. The molecule has 2 rings (SSSR count). The molecule has 1 fully saturated rings. The summed E-state index contributed by atoms with van der Waals surface area (Å²) in [6.45, 7) is 3.59. The summed E-state index contributed by atoms with van der Waals surface area (Å²) in [7, 11) is 3.02. The van der Waals surface area contributed by atoms with Crippen molar-refractivity contribution in [2.75, 3.05) is 20.8 Å². The van der Waals surface area contributed by atoms with E-state index in [0.717, 1.165) is 4.90 Å². The van der Waals surface area contributed by atoms with E-state index >= 15 is 0 Å². The lowest BCUT2D eigenvalue weighted by Crippen LogP contribution is -2.44. The van der Waals surface area contributed by atoms with Gasteiger partial charge in [-0.3, -0.25) is 14.5 Å². The number of urea groups is 1. The standard InChI is InChI=1S/C19H27N3O6/c1-11(2)14(10-23)20-17(24)8-13-18(25)22(19(26)21-13)9-12-5-6-15(27-3)16(7-12)28-4/h5-7,11,13-14,23H,8-10H2,1-4H3,(H,20,24)(H,21,26)/t13-,14+/m1/s1. The van der Waals surface area contributed by atoms with Crippen LogP contribution in [0.5, 0.6) is 11.5 Å². The molecule has 1 aliphatic heterocycles. The van der Waals surface area contributed by atoms with Crippen LogP contribution in [0.2, 0.25) is 0 Å². The molecule has 2 atom stereocenters. The quantitative estimate of drug-likeness (QED) is 0.530. The summed E-state index contributed by atoms with van der Waals surface area (Å²) >= 11 is 0. The minimum absolute atomic E-state index is 0.0457. The molecular formula is C19H27N3O6. The highest BCUT2D eigenvalue weighted by Crippen LogP contribution is 2.28. The molecule has 4 amide bonds. The highest BCUT2D eigenvalue weighted by Gasteiger charge is 2.39. The van der Waals surface area contributed by atoms with Crippen molar-refractivity contribution in [2.45, 2.75) is 38.9 Å². The summed E-state index contributed by atoms with van der Waals surface area (Å²) in [6.07, 6.45) is -0.184. The number of hydrogen-bond donors (Lipinski definition) is 3. The molecule has 1 aromatic rings. The van der Waals surface area contributed by atoms with E-state index in [2.05, 4.69) is 10.6 Å². The summed E-state index contributed by atoms with van der Waals surface area (Å²) in [5.41, 5.74) is 0.686. The van der Waals surface area contributed by atoms with Crippen molar-refractivity contribution >= 4 is 17.8 Å². The summed E-state index contributed by atoms with van der Waals surface area (Å²) < 4.78 is 10.4. The largest absolute Gasteiger partial charge is 0.493 e. The molecule has 1 aromatic carbocycles. The number of carbonyl (C=O) groups excluding carboxylic acids is 3. The highest BCUT2D eigenvalue weighted by molar-refractivity contribution is 6.05. The number of nitrogens with one attached hydrogen (secondary N) is 2. The Morgan fingerprint density at radius 2 is 1.93 bits per heavy atom. The zero-order chi connectivity index (χ0) is 20.8. The SMILES string of the molecule is COc1ccc(CN2C(=O)N[C@H](CC(=O)N[C@@H](CO)C(C)C)C2=O)cc1OC. The Bertz CT molecular complexity index is 736. The highest BCUT2D eigenvalue weighted by atomic mass is 16.5. The Kier molecular flexibility index (Phi) is 7.22. The number of imide groups is 1. The molecule has 28 heavy (non-hydrogen) atoms. The molecule has 154 valence electrons. The molecule has 0 aromatic heterocycles. The predicted molar refractivity (Wildman–Crippen MR) is 101 cm³/mol. The maximum Gasteiger partial charge on any atom is 0.325 e. The van der Waals surface area contributed by atoms with Gasteiger partial charge in [0.1, 0.15) is 6.04 Å². The number of benzene rings is 1. The molecule has 1 saturated heterocycles. The first-order valence-electron chi connectivity index (χ1n) is 9.03. The maximum atomic E-state index is 12.6. The van der Waals surface area contributed by atoms with Gasteiger partial charge in [-0.05, 0) is 23.6 Å². The Morgan fingerprint density at radius 3 is 2.50 bits per heavy atom. The van der Waals surface area contributed by atoms with Gasteiger partial charge in [0.05, 0.1) is 39.8 Å². The topological polar surface area (TPSA) is 117 Å². The zero-order valence-electron chi connectivity index (χ0n) is 16.5. The average Bonchev–Trinajstić information content (AvgIpc) is 2.92. The number of amides is 4. The lowest BCUT2D eigenvalue weighted by atomic mass is 10.0. The van der Waals surface area contributed by atoms with E-state index in [1.807, 2.05) is 13.8 Å². The van der Waals surface area contributed by atoms with Crippen molar-refractivity contribution in [3.63, 3.8) is 0 Å². The van der Waals surface area contributed by atoms with Gasteiger partial charge in [0, 0.05) is 0 Å². The Labute approximate surface area is 164 Å². The number of carbonyl (C=O) groups is 3. The molecule has 0 aliphatic carbocycles. The van der Waals surface area contributed by atoms with Crippen LogP contribution in [-0.4, -0.2) is 60.8 Å². The predicted octanol–water partition coefficient (Wildman–Crippen LogP) is 0.647. The molecule has 1 aliphatic rings. The normalized spacial score (nSPS) is 17.5. The van der Waals surface area contributed by atoms with Crippen molar-refractivity contribution in [3.8, 4) is 11.5 Å². The number of aliphatic hydroxyl groups is 1.